The number of aryl methyl sites for hydroxylation is 2. The lowest BCUT2D eigenvalue weighted by atomic mass is 10.1. The molecule has 2 rings (SSSR count). The minimum atomic E-state index is -0.262. The Morgan fingerprint density at radius 3 is 2.64 bits per heavy atom. The fourth-order valence-corrected chi connectivity index (χ4v) is 2.43. The van der Waals surface area contributed by atoms with Gasteiger partial charge in [-0.15, -0.1) is 0 Å². The quantitative estimate of drug-likeness (QED) is 0.586. The molecule has 0 aliphatic rings. The molecule has 0 radical (unpaired) electrons. The predicted molar refractivity (Wildman–Crippen MR) is 106 cm³/mol. The van der Waals surface area contributed by atoms with E-state index in [1.54, 1.807) is 18.2 Å². The maximum Gasteiger partial charge on any atom is 0.257 e. The summed E-state index contributed by atoms with van der Waals surface area (Å²) in [6.45, 7) is 6.84. The monoisotopic (exact) mass is 356 g/mol. The van der Waals surface area contributed by atoms with Crippen molar-refractivity contribution in [1.29, 1.82) is 0 Å². The van der Waals surface area contributed by atoms with Crippen LogP contribution in [0.5, 0.6) is 5.75 Å². The molecule has 0 heterocycles. The van der Waals surface area contributed by atoms with Crippen LogP contribution in [-0.4, -0.2) is 17.6 Å². The van der Waals surface area contributed by atoms with Crippen molar-refractivity contribution in [1.82, 2.24) is 5.32 Å². The number of benzene rings is 2. The van der Waals surface area contributed by atoms with Gasteiger partial charge in [0.1, 0.15) is 5.75 Å². The van der Waals surface area contributed by atoms with Gasteiger partial charge in [-0.2, -0.15) is 0 Å². The van der Waals surface area contributed by atoms with Crippen LogP contribution in [0.4, 0.5) is 5.69 Å². The first-order valence-electron chi connectivity index (χ1n) is 8.42. The Labute approximate surface area is 154 Å². The highest BCUT2D eigenvalue weighted by Gasteiger charge is 2.09. The first kappa shape index (κ1) is 18.9. The molecule has 0 aliphatic carbocycles. The van der Waals surface area contributed by atoms with E-state index in [1.165, 1.54) is 5.56 Å². The number of thiocarbonyl (C=S) groups is 1. The van der Waals surface area contributed by atoms with Crippen LogP contribution in [0, 0.1) is 13.8 Å². The second-order valence-corrected chi connectivity index (χ2v) is 6.35. The molecule has 0 unspecified atom stereocenters. The molecule has 132 valence electrons. The number of carbonyl (C=O) groups is 1. The molecule has 0 spiro atoms. The van der Waals surface area contributed by atoms with E-state index >= 15 is 0 Å². The lowest BCUT2D eigenvalue weighted by molar-refractivity contribution is 0.0977. The molecule has 2 aromatic rings. The molecule has 0 aliphatic heterocycles. The first-order valence-corrected chi connectivity index (χ1v) is 8.83. The van der Waals surface area contributed by atoms with Crippen molar-refractivity contribution in [2.24, 2.45) is 0 Å². The zero-order valence-electron chi connectivity index (χ0n) is 14.9. The van der Waals surface area contributed by atoms with Crippen molar-refractivity contribution in [3.8, 4) is 5.75 Å². The summed E-state index contributed by atoms with van der Waals surface area (Å²) in [4.78, 5) is 12.4. The van der Waals surface area contributed by atoms with Crippen LogP contribution in [-0.2, 0) is 0 Å². The summed E-state index contributed by atoms with van der Waals surface area (Å²) in [5, 5.41) is 6.00. The van der Waals surface area contributed by atoms with Crippen LogP contribution in [0.1, 0.15) is 41.3 Å². The number of ether oxygens (including phenoxy) is 1. The van der Waals surface area contributed by atoms with Gasteiger partial charge in [0.05, 0.1) is 6.61 Å². The van der Waals surface area contributed by atoms with Gasteiger partial charge in [0.25, 0.3) is 5.91 Å². The molecule has 25 heavy (non-hydrogen) atoms. The van der Waals surface area contributed by atoms with Crippen LogP contribution in [0.2, 0.25) is 0 Å². The number of hydrogen-bond donors (Lipinski definition) is 2. The first-order chi connectivity index (χ1) is 12.0. The minimum Gasteiger partial charge on any atom is -0.494 e. The number of carbonyl (C=O) groups excluding carboxylic acids is 1. The normalized spacial score (nSPS) is 10.2. The second-order valence-electron chi connectivity index (χ2n) is 5.94. The van der Waals surface area contributed by atoms with E-state index in [9.17, 15) is 4.79 Å². The summed E-state index contributed by atoms with van der Waals surface area (Å²) in [5.41, 5.74) is 3.74. The fraction of sp³-hybridized carbons (Fsp3) is 0.300. The molecule has 2 N–H and O–H groups in total. The van der Waals surface area contributed by atoms with E-state index in [0.29, 0.717) is 17.9 Å². The highest BCUT2D eigenvalue weighted by molar-refractivity contribution is 7.80. The van der Waals surface area contributed by atoms with Crippen molar-refractivity contribution < 1.29 is 9.53 Å². The topological polar surface area (TPSA) is 50.4 Å². The molecule has 0 bridgehead atoms. The summed E-state index contributed by atoms with van der Waals surface area (Å²) in [7, 11) is 0. The fourth-order valence-electron chi connectivity index (χ4n) is 2.22. The van der Waals surface area contributed by atoms with E-state index in [-0.39, 0.29) is 11.0 Å². The van der Waals surface area contributed by atoms with Crippen molar-refractivity contribution in [2.45, 2.75) is 33.6 Å². The maximum absolute atomic E-state index is 12.4. The molecule has 1 amide bonds. The van der Waals surface area contributed by atoms with E-state index in [2.05, 4.69) is 24.5 Å². The van der Waals surface area contributed by atoms with Gasteiger partial charge in [0, 0.05) is 11.3 Å². The van der Waals surface area contributed by atoms with Gasteiger partial charge in [-0.25, -0.2) is 0 Å². The molecule has 0 saturated heterocycles. The van der Waals surface area contributed by atoms with Crippen LogP contribution >= 0.6 is 12.2 Å². The molecule has 0 fully saturated rings. The van der Waals surface area contributed by atoms with Gasteiger partial charge in [-0.05, 0) is 73.9 Å². The lowest BCUT2D eigenvalue weighted by Crippen LogP contribution is -2.34. The lowest BCUT2D eigenvalue weighted by Gasteiger charge is -2.12. The predicted octanol–water partition coefficient (Wildman–Crippen LogP) is 4.61. The Morgan fingerprint density at radius 2 is 1.92 bits per heavy atom. The van der Waals surface area contributed by atoms with Crippen molar-refractivity contribution in [2.75, 3.05) is 11.9 Å². The third-order valence-electron chi connectivity index (χ3n) is 3.85. The number of nitrogens with one attached hydrogen (secondary N) is 2. The number of rotatable bonds is 6. The molecule has 0 atom stereocenters. The van der Waals surface area contributed by atoms with E-state index in [1.807, 2.05) is 31.2 Å². The Kier molecular flexibility index (Phi) is 6.95. The van der Waals surface area contributed by atoms with Crippen LogP contribution < -0.4 is 15.4 Å². The van der Waals surface area contributed by atoms with Gasteiger partial charge in [-0.1, -0.05) is 25.5 Å². The molecule has 2 aromatic carbocycles. The molecule has 4 nitrogen and oxygen atoms in total. The highest BCUT2D eigenvalue weighted by atomic mass is 32.1. The Morgan fingerprint density at radius 1 is 1.12 bits per heavy atom. The Hall–Kier alpha value is -2.40. The van der Waals surface area contributed by atoms with Gasteiger partial charge >= 0.3 is 0 Å². The molecule has 0 aromatic heterocycles. The number of unbranched alkanes of at least 4 members (excludes halogenated alkanes) is 1. The third kappa shape index (κ3) is 5.87. The van der Waals surface area contributed by atoms with Crippen molar-refractivity contribution >= 4 is 28.9 Å². The van der Waals surface area contributed by atoms with Gasteiger partial charge in [0.2, 0.25) is 0 Å². The SMILES string of the molecule is CCCCOc1cccc(C(=O)NC(=S)Nc2ccc(C)c(C)c2)c1. The summed E-state index contributed by atoms with van der Waals surface area (Å²) in [5.74, 6) is 0.427. The van der Waals surface area contributed by atoms with Gasteiger partial charge in [-0.3, -0.25) is 10.1 Å². The van der Waals surface area contributed by atoms with Crippen LogP contribution in [0.15, 0.2) is 42.5 Å². The average molecular weight is 356 g/mol. The van der Waals surface area contributed by atoms with E-state index < -0.39 is 0 Å². The highest BCUT2D eigenvalue weighted by Crippen LogP contribution is 2.15. The van der Waals surface area contributed by atoms with Gasteiger partial charge in [0.15, 0.2) is 5.11 Å². The molecule has 5 heteroatoms. The Bertz CT molecular complexity index is 759. The summed E-state index contributed by atoms with van der Waals surface area (Å²) >= 11 is 5.23. The number of amides is 1. The number of hydrogen-bond acceptors (Lipinski definition) is 3. The molecular formula is C20H24N2O2S. The van der Waals surface area contributed by atoms with E-state index in [4.69, 9.17) is 17.0 Å². The van der Waals surface area contributed by atoms with Gasteiger partial charge < -0.3 is 10.1 Å². The van der Waals surface area contributed by atoms with E-state index in [0.717, 1.165) is 24.1 Å². The standard InChI is InChI=1S/C20H24N2O2S/c1-4-5-11-24-18-8-6-7-16(13-18)19(23)22-20(25)21-17-10-9-14(2)15(3)12-17/h6-10,12-13H,4-5,11H2,1-3H3,(H2,21,22,23,25). The minimum absolute atomic E-state index is 0.262. The average Bonchev–Trinajstić information content (AvgIpc) is 2.58. The van der Waals surface area contributed by atoms with Crippen LogP contribution in [0.25, 0.3) is 0 Å². The summed E-state index contributed by atoms with van der Waals surface area (Å²) in [6, 6.07) is 13.1. The van der Waals surface area contributed by atoms with Crippen molar-refractivity contribution in [3.05, 3.63) is 59.2 Å². The molecule has 0 saturated carbocycles. The second kappa shape index (κ2) is 9.18. The smallest absolute Gasteiger partial charge is 0.257 e. The zero-order chi connectivity index (χ0) is 18.2. The number of anilines is 1. The largest absolute Gasteiger partial charge is 0.494 e. The third-order valence-corrected chi connectivity index (χ3v) is 4.06. The summed E-state index contributed by atoms with van der Waals surface area (Å²) < 4.78 is 5.63. The Balaban J connectivity index is 1.95. The molecular weight excluding hydrogens is 332 g/mol. The zero-order valence-corrected chi connectivity index (χ0v) is 15.7. The van der Waals surface area contributed by atoms with Crippen LogP contribution in [0.3, 0.4) is 0 Å². The van der Waals surface area contributed by atoms with Crippen molar-refractivity contribution in [3.63, 3.8) is 0 Å². The summed E-state index contributed by atoms with van der Waals surface area (Å²) in [6.07, 6.45) is 2.05. The maximum atomic E-state index is 12.4.